The van der Waals surface area contributed by atoms with E-state index in [2.05, 4.69) is 20.1 Å². The van der Waals surface area contributed by atoms with Crippen LogP contribution in [0.4, 0.5) is 0 Å². The predicted molar refractivity (Wildman–Crippen MR) is 63.9 cm³/mol. The molecule has 0 aliphatic heterocycles. The second-order valence-corrected chi connectivity index (χ2v) is 3.34. The molecule has 0 fully saturated rings. The molecule has 19 heavy (non-hydrogen) atoms. The molecule has 0 aromatic heterocycles. The van der Waals surface area contributed by atoms with Gasteiger partial charge in [0.15, 0.2) is 0 Å². The van der Waals surface area contributed by atoms with Gasteiger partial charge in [0.05, 0.1) is 13.2 Å². The van der Waals surface area contributed by atoms with E-state index in [1.807, 2.05) is 0 Å². The first-order chi connectivity index (χ1) is 8.99. The van der Waals surface area contributed by atoms with Gasteiger partial charge in [-0.1, -0.05) is 0 Å². The molecule has 0 unspecified atom stereocenters. The van der Waals surface area contributed by atoms with Crippen molar-refractivity contribution in [2.24, 2.45) is 0 Å². The number of esters is 2. The van der Waals surface area contributed by atoms with Crippen LogP contribution in [0.5, 0.6) is 0 Å². The fraction of sp³-hybridized carbons (Fsp3) is 0.636. The van der Waals surface area contributed by atoms with Gasteiger partial charge in [0.25, 0.3) is 0 Å². The lowest BCUT2D eigenvalue weighted by molar-refractivity contribution is -0.144. The van der Waals surface area contributed by atoms with Crippen LogP contribution in [0, 0.1) is 0 Å². The zero-order chi connectivity index (χ0) is 14.7. The number of hydrogen-bond donors (Lipinski definition) is 2. The molecular formula is C11H18N2O6. The highest BCUT2D eigenvalue weighted by Gasteiger charge is 2.12. The van der Waals surface area contributed by atoms with Gasteiger partial charge in [-0.25, -0.2) is 0 Å². The van der Waals surface area contributed by atoms with Crippen molar-refractivity contribution in [1.29, 1.82) is 0 Å². The number of nitrogens with one attached hydrogen (secondary N) is 2. The van der Waals surface area contributed by atoms with E-state index in [0.29, 0.717) is 0 Å². The van der Waals surface area contributed by atoms with E-state index in [1.165, 1.54) is 0 Å². The number of carbonyl (C=O) groups is 4. The quantitative estimate of drug-likeness (QED) is 0.422. The Balaban J connectivity index is 3.78. The standard InChI is InChI=1S/C11H18N2O6/c1-3-18-10(16)6-12-8(14)5-9(15)13-7-11(17)19-4-2/h3-7H2,1-2H3,(H,12,14)(H,13,15). The Morgan fingerprint density at radius 2 is 1.16 bits per heavy atom. The molecule has 0 aromatic carbocycles. The zero-order valence-corrected chi connectivity index (χ0v) is 11.0. The Hall–Kier alpha value is -2.12. The highest BCUT2D eigenvalue weighted by molar-refractivity contribution is 5.98. The topological polar surface area (TPSA) is 111 Å². The molecule has 2 N–H and O–H groups in total. The fourth-order valence-corrected chi connectivity index (χ4v) is 1.04. The van der Waals surface area contributed by atoms with Crippen LogP contribution in [0.15, 0.2) is 0 Å². The molecule has 0 spiro atoms. The number of hydrogen-bond acceptors (Lipinski definition) is 6. The molecule has 0 aromatic rings. The molecule has 0 bridgehead atoms. The van der Waals surface area contributed by atoms with E-state index in [1.54, 1.807) is 13.8 Å². The van der Waals surface area contributed by atoms with E-state index in [0.717, 1.165) is 0 Å². The lowest BCUT2D eigenvalue weighted by atomic mass is 10.3. The van der Waals surface area contributed by atoms with Crippen molar-refractivity contribution in [3.63, 3.8) is 0 Å². The second kappa shape index (κ2) is 9.86. The maximum atomic E-state index is 11.2. The van der Waals surface area contributed by atoms with Gasteiger partial charge >= 0.3 is 11.9 Å². The van der Waals surface area contributed by atoms with Crippen LogP contribution >= 0.6 is 0 Å². The highest BCUT2D eigenvalue weighted by Crippen LogP contribution is 1.83. The number of carbonyl (C=O) groups excluding carboxylic acids is 4. The minimum absolute atomic E-state index is 0.217. The summed E-state index contributed by atoms with van der Waals surface area (Å²) in [6, 6.07) is 0. The van der Waals surface area contributed by atoms with Crippen molar-refractivity contribution in [3.8, 4) is 0 Å². The van der Waals surface area contributed by atoms with Gasteiger partial charge in [0, 0.05) is 0 Å². The normalized spacial score (nSPS) is 9.37. The van der Waals surface area contributed by atoms with E-state index in [9.17, 15) is 19.2 Å². The third-order valence-electron chi connectivity index (χ3n) is 1.79. The van der Waals surface area contributed by atoms with Crippen molar-refractivity contribution < 1.29 is 28.7 Å². The van der Waals surface area contributed by atoms with Crippen molar-refractivity contribution in [3.05, 3.63) is 0 Å². The largest absolute Gasteiger partial charge is 0.465 e. The summed E-state index contributed by atoms with van der Waals surface area (Å²) in [5.41, 5.74) is 0. The summed E-state index contributed by atoms with van der Waals surface area (Å²) < 4.78 is 9.18. The summed E-state index contributed by atoms with van der Waals surface area (Å²) in [5, 5.41) is 4.44. The Morgan fingerprint density at radius 1 is 0.789 bits per heavy atom. The van der Waals surface area contributed by atoms with Crippen molar-refractivity contribution in [2.45, 2.75) is 20.3 Å². The molecule has 0 saturated heterocycles. The monoisotopic (exact) mass is 274 g/mol. The van der Waals surface area contributed by atoms with Crippen LogP contribution in [-0.2, 0) is 28.7 Å². The number of rotatable bonds is 8. The predicted octanol–water partition coefficient (Wildman–Crippen LogP) is -1.26. The van der Waals surface area contributed by atoms with E-state index in [-0.39, 0.29) is 26.3 Å². The molecule has 8 nitrogen and oxygen atoms in total. The summed E-state index contributed by atoms with van der Waals surface area (Å²) in [6.45, 7) is 3.13. The second-order valence-electron chi connectivity index (χ2n) is 3.34. The SMILES string of the molecule is CCOC(=O)CNC(=O)CC(=O)NCC(=O)OCC. The van der Waals surface area contributed by atoms with Gasteiger partial charge in [-0.3, -0.25) is 19.2 Å². The van der Waals surface area contributed by atoms with Crippen LogP contribution in [0.1, 0.15) is 20.3 Å². The molecule has 2 amide bonds. The third kappa shape index (κ3) is 9.57. The van der Waals surface area contributed by atoms with Crippen molar-refractivity contribution >= 4 is 23.8 Å². The fourth-order valence-electron chi connectivity index (χ4n) is 1.04. The average molecular weight is 274 g/mol. The van der Waals surface area contributed by atoms with Gasteiger partial charge in [0.1, 0.15) is 19.5 Å². The molecule has 0 saturated carbocycles. The maximum Gasteiger partial charge on any atom is 0.325 e. The number of ether oxygens (including phenoxy) is 2. The first-order valence-electron chi connectivity index (χ1n) is 5.84. The summed E-state index contributed by atoms with van der Waals surface area (Å²) in [7, 11) is 0. The van der Waals surface area contributed by atoms with E-state index >= 15 is 0 Å². The molecule has 108 valence electrons. The maximum absolute atomic E-state index is 11.2. The van der Waals surface area contributed by atoms with Crippen molar-refractivity contribution in [2.75, 3.05) is 26.3 Å². The van der Waals surface area contributed by atoms with Crippen LogP contribution in [0.25, 0.3) is 0 Å². The minimum Gasteiger partial charge on any atom is -0.465 e. The average Bonchev–Trinajstić information content (AvgIpc) is 2.35. The summed E-state index contributed by atoms with van der Waals surface area (Å²) in [6.07, 6.45) is -0.473. The van der Waals surface area contributed by atoms with Crippen LogP contribution in [0.2, 0.25) is 0 Å². The van der Waals surface area contributed by atoms with E-state index < -0.39 is 30.2 Å². The number of amides is 2. The Bertz CT molecular complexity index is 310. The Kier molecular flexibility index (Phi) is 8.76. The summed E-state index contributed by atoms with van der Waals surface area (Å²) in [4.78, 5) is 44.3. The Morgan fingerprint density at radius 3 is 1.47 bits per heavy atom. The third-order valence-corrected chi connectivity index (χ3v) is 1.79. The zero-order valence-electron chi connectivity index (χ0n) is 11.0. The molecule has 0 aliphatic carbocycles. The molecule has 0 radical (unpaired) electrons. The van der Waals surface area contributed by atoms with Crippen LogP contribution in [0.3, 0.4) is 0 Å². The first-order valence-corrected chi connectivity index (χ1v) is 5.84. The van der Waals surface area contributed by atoms with Gasteiger partial charge in [0.2, 0.25) is 11.8 Å². The van der Waals surface area contributed by atoms with Gasteiger partial charge in [-0.2, -0.15) is 0 Å². The van der Waals surface area contributed by atoms with Gasteiger partial charge in [-0.15, -0.1) is 0 Å². The molecule has 0 heterocycles. The van der Waals surface area contributed by atoms with E-state index in [4.69, 9.17) is 0 Å². The molecule has 0 rings (SSSR count). The smallest absolute Gasteiger partial charge is 0.325 e. The lowest BCUT2D eigenvalue weighted by Gasteiger charge is -2.06. The van der Waals surface area contributed by atoms with Crippen LogP contribution in [-0.4, -0.2) is 50.1 Å². The van der Waals surface area contributed by atoms with Gasteiger partial charge in [-0.05, 0) is 13.8 Å². The summed E-state index contributed by atoms with van der Waals surface area (Å²) >= 11 is 0. The van der Waals surface area contributed by atoms with Crippen LogP contribution < -0.4 is 10.6 Å². The molecular weight excluding hydrogens is 256 g/mol. The summed E-state index contributed by atoms with van der Waals surface area (Å²) in [5.74, 6) is -2.42. The first kappa shape index (κ1) is 16.9. The highest BCUT2D eigenvalue weighted by atomic mass is 16.5. The molecule has 0 aliphatic rings. The van der Waals surface area contributed by atoms with Crippen molar-refractivity contribution in [1.82, 2.24) is 10.6 Å². The minimum atomic E-state index is -0.630. The lowest BCUT2D eigenvalue weighted by Crippen LogP contribution is -2.37. The molecule has 8 heteroatoms. The molecule has 0 atom stereocenters. The Labute approximate surface area is 110 Å². The van der Waals surface area contributed by atoms with Gasteiger partial charge < -0.3 is 20.1 Å².